The molecule has 0 aliphatic heterocycles. The average molecular weight is 379 g/mol. The molecule has 0 saturated heterocycles. The van der Waals surface area contributed by atoms with Crippen LogP contribution in [-0.2, 0) is 9.63 Å². The van der Waals surface area contributed by atoms with Crippen LogP contribution in [0.25, 0.3) is 0 Å². The van der Waals surface area contributed by atoms with Gasteiger partial charge in [0.1, 0.15) is 0 Å². The Morgan fingerprint density at radius 3 is 2.56 bits per heavy atom. The third kappa shape index (κ3) is 2.37. The van der Waals surface area contributed by atoms with Gasteiger partial charge < -0.3 is 5.11 Å². The molecule has 0 heterocycles. The summed E-state index contributed by atoms with van der Waals surface area (Å²) in [5.41, 5.74) is -0.538. The zero-order valence-corrected chi connectivity index (χ0v) is 16.8. The quantitative estimate of drug-likeness (QED) is 0.452. The first kappa shape index (κ1) is 19.2. The van der Waals surface area contributed by atoms with Crippen LogP contribution in [0, 0.1) is 50.5 Å². The van der Waals surface area contributed by atoms with E-state index in [9.17, 15) is 20.0 Å². The molecule has 0 aromatic heterocycles. The number of rotatable bonds is 3. The van der Waals surface area contributed by atoms with Gasteiger partial charge >= 0.3 is 0 Å². The second-order valence-corrected chi connectivity index (χ2v) is 10.1. The fraction of sp³-hybridized carbons (Fsp3) is 0.952. The molecule has 0 amide bonds. The molecule has 4 rings (SSSR count). The number of Topliss-reactive ketones (excluding diaryl/α,β-unsaturated/α-hetero) is 1. The molecule has 4 aliphatic carbocycles. The number of hydrogen-bond acceptors (Lipinski definition) is 5. The Morgan fingerprint density at radius 1 is 1.15 bits per heavy atom. The minimum Gasteiger partial charge on any atom is -0.360 e. The smallest absolute Gasteiger partial charge is 0.297 e. The predicted octanol–water partition coefficient (Wildman–Crippen LogP) is 4.13. The van der Waals surface area contributed by atoms with Crippen LogP contribution < -0.4 is 0 Å². The molecule has 0 spiro atoms. The molecule has 27 heavy (non-hydrogen) atoms. The van der Waals surface area contributed by atoms with E-state index in [1.807, 2.05) is 6.92 Å². The third-order valence-electron chi connectivity index (χ3n) is 9.63. The van der Waals surface area contributed by atoms with Crippen molar-refractivity contribution in [3.8, 4) is 0 Å². The van der Waals surface area contributed by atoms with Crippen molar-refractivity contribution in [1.29, 1.82) is 0 Å². The van der Waals surface area contributed by atoms with E-state index in [1.54, 1.807) is 0 Å². The van der Waals surface area contributed by atoms with Gasteiger partial charge in [0.15, 0.2) is 5.78 Å². The summed E-state index contributed by atoms with van der Waals surface area (Å²) >= 11 is 0. The second kappa shape index (κ2) is 6.16. The van der Waals surface area contributed by atoms with E-state index in [4.69, 9.17) is 4.84 Å². The van der Waals surface area contributed by atoms with Gasteiger partial charge in [0, 0.05) is 11.8 Å². The molecule has 8 atom stereocenters. The molecule has 0 radical (unpaired) electrons. The van der Waals surface area contributed by atoms with E-state index in [0.717, 1.165) is 31.6 Å². The Bertz CT molecular complexity index is 652. The van der Waals surface area contributed by atoms with Gasteiger partial charge in [0.05, 0.1) is 0 Å². The first-order valence-corrected chi connectivity index (χ1v) is 10.8. The van der Waals surface area contributed by atoms with E-state index in [0.29, 0.717) is 23.7 Å². The Hall–Kier alpha value is -1.17. The van der Waals surface area contributed by atoms with Gasteiger partial charge in [-0.15, -0.1) is 10.1 Å². The van der Waals surface area contributed by atoms with Crippen LogP contribution in [0.5, 0.6) is 0 Å². The molecule has 0 aromatic carbocycles. The van der Waals surface area contributed by atoms with Gasteiger partial charge in [-0.05, 0) is 80.0 Å². The SMILES string of the molecule is CC[C@H]1CC[C@H]2[C@@H]3CC[C@H]4CCC(=O)C(O)(O[N+](=O)[O-])[C@]4(C)[C@H]3CC[C@]12C. The van der Waals surface area contributed by atoms with Gasteiger partial charge in [-0.1, -0.05) is 27.2 Å². The molecule has 4 fully saturated rings. The molecule has 152 valence electrons. The van der Waals surface area contributed by atoms with E-state index >= 15 is 0 Å². The second-order valence-electron chi connectivity index (χ2n) is 10.1. The first-order valence-electron chi connectivity index (χ1n) is 10.8. The zero-order valence-electron chi connectivity index (χ0n) is 16.8. The zero-order chi connectivity index (χ0) is 19.6. The van der Waals surface area contributed by atoms with Gasteiger partial charge in [0.25, 0.3) is 10.9 Å². The molecule has 1 unspecified atom stereocenters. The summed E-state index contributed by atoms with van der Waals surface area (Å²) in [7, 11) is 0. The largest absolute Gasteiger partial charge is 0.360 e. The number of aliphatic hydroxyl groups is 1. The molecular weight excluding hydrogens is 346 g/mol. The molecule has 4 saturated carbocycles. The van der Waals surface area contributed by atoms with Gasteiger partial charge in [-0.2, -0.15) is 0 Å². The van der Waals surface area contributed by atoms with Gasteiger partial charge in [0.2, 0.25) is 0 Å². The first-order chi connectivity index (χ1) is 12.7. The van der Waals surface area contributed by atoms with Crippen molar-refractivity contribution in [3.05, 3.63) is 10.1 Å². The average Bonchev–Trinajstić information content (AvgIpc) is 2.95. The van der Waals surface area contributed by atoms with Crippen molar-refractivity contribution >= 4 is 5.78 Å². The summed E-state index contributed by atoms with van der Waals surface area (Å²) < 4.78 is 0. The fourth-order valence-corrected chi connectivity index (χ4v) is 8.21. The number of fused-ring (bicyclic) bond motifs is 5. The highest BCUT2D eigenvalue weighted by molar-refractivity contribution is 5.87. The van der Waals surface area contributed by atoms with Crippen LogP contribution in [0.15, 0.2) is 0 Å². The van der Waals surface area contributed by atoms with E-state index in [-0.39, 0.29) is 18.3 Å². The van der Waals surface area contributed by atoms with Gasteiger partial charge in [-0.3, -0.25) is 9.63 Å². The molecule has 0 aromatic rings. The lowest BCUT2D eigenvalue weighted by atomic mass is 9.43. The number of hydrogen-bond donors (Lipinski definition) is 1. The number of carbonyl (C=O) groups is 1. The lowest BCUT2D eigenvalue weighted by Gasteiger charge is -2.63. The highest BCUT2D eigenvalue weighted by atomic mass is 17.0. The molecule has 1 N–H and O–H groups in total. The summed E-state index contributed by atoms with van der Waals surface area (Å²) in [5.74, 6) is -0.821. The standard InChI is InChI=1S/C21H33NO5/c1-4-13-6-9-16-15-8-5-14-7-10-18(23)21(24,27-22(25)26)20(14,3)17(15)11-12-19(13,16)2/h13-17,24H,4-12H2,1-3H3/t13-,14-,15-,16-,17-,19+,20-,21?/m0/s1. The summed E-state index contributed by atoms with van der Waals surface area (Å²) in [6, 6.07) is 0. The lowest BCUT2D eigenvalue weighted by molar-refractivity contribution is -0.797. The van der Waals surface area contributed by atoms with Crippen molar-refractivity contribution in [2.24, 2.45) is 40.4 Å². The van der Waals surface area contributed by atoms with Crippen LogP contribution in [-0.4, -0.2) is 21.8 Å². The Kier molecular flexibility index (Phi) is 4.37. The number of nitrogens with zero attached hydrogens (tertiary/aromatic N) is 1. The van der Waals surface area contributed by atoms with E-state index in [1.165, 1.54) is 19.3 Å². The monoisotopic (exact) mass is 379 g/mol. The van der Waals surface area contributed by atoms with Crippen LogP contribution in [0.2, 0.25) is 0 Å². The Balaban J connectivity index is 1.73. The van der Waals surface area contributed by atoms with Crippen LogP contribution in [0.4, 0.5) is 0 Å². The molecule has 4 aliphatic rings. The highest BCUT2D eigenvalue weighted by Gasteiger charge is 2.69. The highest BCUT2D eigenvalue weighted by Crippen LogP contribution is 2.69. The maximum atomic E-state index is 12.7. The molecule has 6 heteroatoms. The van der Waals surface area contributed by atoms with Crippen molar-refractivity contribution in [1.82, 2.24) is 0 Å². The fourth-order valence-electron chi connectivity index (χ4n) is 8.21. The maximum absolute atomic E-state index is 12.7. The minimum atomic E-state index is -2.29. The normalized spacial score (nSPS) is 51.9. The van der Waals surface area contributed by atoms with E-state index in [2.05, 4.69) is 13.8 Å². The van der Waals surface area contributed by atoms with Crippen LogP contribution in [0.1, 0.15) is 78.6 Å². The Labute approximate surface area is 161 Å². The number of ketones is 1. The summed E-state index contributed by atoms with van der Waals surface area (Å²) in [6.45, 7) is 6.63. The van der Waals surface area contributed by atoms with Crippen molar-refractivity contribution < 1.29 is 19.8 Å². The lowest BCUT2D eigenvalue weighted by Crippen LogP contribution is -2.68. The van der Waals surface area contributed by atoms with Crippen LogP contribution >= 0.6 is 0 Å². The summed E-state index contributed by atoms with van der Waals surface area (Å²) in [5, 5.41) is 21.5. The molecule has 0 bridgehead atoms. The summed E-state index contributed by atoms with van der Waals surface area (Å²) in [4.78, 5) is 28.7. The van der Waals surface area contributed by atoms with Crippen molar-refractivity contribution in [2.45, 2.75) is 84.3 Å². The molecular formula is C21H33NO5. The van der Waals surface area contributed by atoms with Gasteiger partial charge in [-0.25, -0.2) is 0 Å². The third-order valence-corrected chi connectivity index (χ3v) is 9.63. The van der Waals surface area contributed by atoms with E-state index < -0.39 is 22.1 Å². The van der Waals surface area contributed by atoms with Crippen molar-refractivity contribution in [3.63, 3.8) is 0 Å². The van der Waals surface area contributed by atoms with Crippen LogP contribution in [0.3, 0.4) is 0 Å². The predicted molar refractivity (Wildman–Crippen MR) is 98.9 cm³/mol. The maximum Gasteiger partial charge on any atom is 0.297 e. The van der Waals surface area contributed by atoms with Crippen molar-refractivity contribution in [2.75, 3.05) is 0 Å². The number of carbonyl (C=O) groups excluding carboxylic acids is 1. The summed E-state index contributed by atoms with van der Waals surface area (Å²) in [6.07, 6.45) is 8.61. The Morgan fingerprint density at radius 2 is 1.89 bits per heavy atom. The minimum absolute atomic E-state index is 0.106. The topological polar surface area (TPSA) is 89.7 Å². The molecule has 6 nitrogen and oxygen atoms in total.